The molecule has 0 aromatic heterocycles. The van der Waals surface area contributed by atoms with Gasteiger partial charge in [-0.2, -0.15) is 0 Å². The van der Waals surface area contributed by atoms with E-state index >= 15 is 0 Å². The largest absolute Gasteiger partial charge is 0.478 e. The maximum Gasteiger partial charge on any atom is 0.333 e. The molecule has 0 amide bonds. The summed E-state index contributed by atoms with van der Waals surface area (Å²) in [6.45, 7) is 3.32. The second-order valence-electron chi connectivity index (χ2n) is 4.06. The molecule has 0 spiro atoms. The molecule has 0 unspecified atom stereocenters. The number of rotatable bonds is 2. The average molecular weight is 217 g/mol. The van der Waals surface area contributed by atoms with Gasteiger partial charge in [0.25, 0.3) is 0 Å². The molecule has 1 aliphatic rings. The van der Waals surface area contributed by atoms with E-state index in [4.69, 9.17) is 5.11 Å². The first-order valence-corrected chi connectivity index (χ1v) is 5.41. The van der Waals surface area contributed by atoms with E-state index in [-0.39, 0.29) is 0 Å². The number of carboxylic acid groups (broad SMARTS) is 1. The zero-order chi connectivity index (χ0) is 11.5. The lowest BCUT2D eigenvalue weighted by atomic mass is 9.93. The Morgan fingerprint density at radius 1 is 1.44 bits per heavy atom. The van der Waals surface area contributed by atoms with Crippen molar-refractivity contribution >= 4 is 11.5 Å². The second-order valence-corrected chi connectivity index (χ2v) is 4.06. The van der Waals surface area contributed by atoms with Crippen LogP contribution < -0.4 is 5.32 Å². The Bertz CT molecular complexity index is 449. The summed E-state index contributed by atoms with van der Waals surface area (Å²) in [5.74, 6) is -0.816. The number of hydrogen-bond acceptors (Lipinski definition) is 2. The van der Waals surface area contributed by atoms with Crippen molar-refractivity contribution < 1.29 is 9.90 Å². The Kier molecular flexibility index (Phi) is 3.06. The maximum absolute atomic E-state index is 11.1. The topological polar surface area (TPSA) is 49.3 Å². The first kappa shape index (κ1) is 10.9. The van der Waals surface area contributed by atoms with E-state index in [1.54, 1.807) is 0 Å². The van der Waals surface area contributed by atoms with Crippen molar-refractivity contribution in [2.24, 2.45) is 0 Å². The predicted octanol–water partition coefficient (Wildman–Crippen LogP) is 1.83. The van der Waals surface area contributed by atoms with Crippen molar-refractivity contribution in [2.45, 2.75) is 13.3 Å². The van der Waals surface area contributed by atoms with Crippen molar-refractivity contribution in [3.8, 4) is 0 Å². The molecule has 0 saturated carbocycles. The van der Waals surface area contributed by atoms with Gasteiger partial charge in [0.05, 0.1) is 5.57 Å². The number of hydrogen-bond donors (Lipinski definition) is 2. The monoisotopic (exact) mass is 217 g/mol. The second kappa shape index (κ2) is 4.49. The molecule has 84 valence electrons. The minimum Gasteiger partial charge on any atom is -0.478 e. The summed E-state index contributed by atoms with van der Waals surface area (Å²) in [5.41, 5.74) is 3.67. The Morgan fingerprint density at radius 3 is 2.94 bits per heavy atom. The van der Waals surface area contributed by atoms with Crippen molar-refractivity contribution in [1.82, 2.24) is 5.32 Å². The van der Waals surface area contributed by atoms with Gasteiger partial charge >= 0.3 is 5.97 Å². The average Bonchev–Trinajstić information content (AvgIpc) is 2.29. The fraction of sp³-hybridized carbons (Fsp3) is 0.308. The van der Waals surface area contributed by atoms with E-state index in [0.717, 1.165) is 29.7 Å². The Morgan fingerprint density at radius 2 is 2.25 bits per heavy atom. The lowest BCUT2D eigenvalue weighted by molar-refractivity contribution is -0.132. The van der Waals surface area contributed by atoms with Crippen LogP contribution >= 0.6 is 0 Å². The van der Waals surface area contributed by atoms with E-state index in [9.17, 15) is 4.79 Å². The predicted molar refractivity (Wildman–Crippen MR) is 63.2 cm³/mol. The molecule has 1 aromatic carbocycles. The van der Waals surface area contributed by atoms with Crippen molar-refractivity contribution in [2.75, 3.05) is 13.1 Å². The van der Waals surface area contributed by atoms with Crippen LogP contribution in [0.25, 0.3) is 5.57 Å². The van der Waals surface area contributed by atoms with Crippen LogP contribution in [0, 0.1) is 6.92 Å². The molecule has 1 heterocycles. The lowest BCUT2D eigenvalue weighted by Gasteiger charge is -2.19. The Hall–Kier alpha value is -1.61. The normalized spacial score (nSPS) is 16.3. The van der Waals surface area contributed by atoms with E-state index < -0.39 is 5.97 Å². The highest BCUT2D eigenvalue weighted by Gasteiger charge is 2.18. The number of carboxylic acids is 1. The molecule has 3 heteroatoms. The molecule has 0 fully saturated rings. The molecule has 16 heavy (non-hydrogen) atoms. The van der Waals surface area contributed by atoms with Crippen LogP contribution in [0.15, 0.2) is 29.8 Å². The molecule has 2 N–H and O–H groups in total. The van der Waals surface area contributed by atoms with E-state index in [1.165, 1.54) is 0 Å². The zero-order valence-electron chi connectivity index (χ0n) is 9.29. The van der Waals surface area contributed by atoms with Crippen LogP contribution in [-0.4, -0.2) is 24.2 Å². The van der Waals surface area contributed by atoms with E-state index in [2.05, 4.69) is 5.32 Å². The Labute approximate surface area is 94.8 Å². The molecule has 0 bridgehead atoms. The van der Waals surface area contributed by atoms with Crippen LogP contribution in [0.4, 0.5) is 0 Å². The summed E-state index contributed by atoms with van der Waals surface area (Å²) in [7, 11) is 0. The van der Waals surface area contributed by atoms with Gasteiger partial charge in [-0.25, -0.2) is 4.79 Å². The minimum atomic E-state index is -0.816. The van der Waals surface area contributed by atoms with Gasteiger partial charge in [0, 0.05) is 6.54 Å². The van der Waals surface area contributed by atoms with Gasteiger partial charge in [-0.15, -0.1) is 0 Å². The molecular weight excluding hydrogens is 202 g/mol. The van der Waals surface area contributed by atoms with Crippen molar-refractivity contribution in [3.05, 3.63) is 41.0 Å². The highest BCUT2D eigenvalue weighted by atomic mass is 16.4. The number of aryl methyl sites for hydroxylation is 1. The molecule has 1 aromatic rings. The maximum atomic E-state index is 11.1. The minimum absolute atomic E-state index is 0.457. The molecular formula is C13H15NO2. The number of nitrogens with one attached hydrogen (secondary N) is 1. The van der Waals surface area contributed by atoms with E-state index in [1.807, 2.05) is 31.2 Å². The third kappa shape index (κ3) is 2.14. The highest BCUT2D eigenvalue weighted by molar-refractivity contribution is 5.97. The smallest absolute Gasteiger partial charge is 0.333 e. The standard InChI is InChI=1S/C13H15NO2/c1-9-3-2-4-10(7-9)11-5-6-14-8-12(11)13(15)16/h2-4,7,14H,5-6,8H2,1H3,(H,15,16). The fourth-order valence-corrected chi connectivity index (χ4v) is 2.04. The summed E-state index contributed by atoms with van der Waals surface area (Å²) in [4.78, 5) is 11.1. The van der Waals surface area contributed by atoms with Crippen LogP contribution in [0.2, 0.25) is 0 Å². The van der Waals surface area contributed by atoms with Crippen molar-refractivity contribution in [1.29, 1.82) is 0 Å². The first-order valence-electron chi connectivity index (χ1n) is 5.41. The van der Waals surface area contributed by atoms with Crippen LogP contribution in [0.1, 0.15) is 17.5 Å². The fourth-order valence-electron chi connectivity index (χ4n) is 2.04. The molecule has 0 atom stereocenters. The third-order valence-electron chi connectivity index (χ3n) is 2.84. The first-order chi connectivity index (χ1) is 7.68. The quantitative estimate of drug-likeness (QED) is 0.794. The van der Waals surface area contributed by atoms with Crippen LogP contribution in [-0.2, 0) is 4.79 Å². The van der Waals surface area contributed by atoms with Crippen LogP contribution in [0.5, 0.6) is 0 Å². The molecule has 0 radical (unpaired) electrons. The van der Waals surface area contributed by atoms with E-state index in [0.29, 0.717) is 12.1 Å². The van der Waals surface area contributed by atoms with Crippen molar-refractivity contribution in [3.63, 3.8) is 0 Å². The number of aliphatic carboxylic acids is 1. The molecule has 3 nitrogen and oxygen atoms in total. The molecule has 2 rings (SSSR count). The molecule has 0 saturated heterocycles. The summed E-state index contributed by atoms with van der Waals surface area (Å²) in [5, 5.41) is 12.2. The summed E-state index contributed by atoms with van der Waals surface area (Å²) in [6, 6.07) is 8.02. The van der Waals surface area contributed by atoms with Gasteiger partial charge in [0.15, 0.2) is 0 Å². The zero-order valence-corrected chi connectivity index (χ0v) is 9.29. The van der Waals surface area contributed by atoms with Gasteiger partial charge in [-0.05, 0) is 31.0 Å². The molecule has 1 aliphatic heterocycles. The van der Waals surface area contributed by atoms with Gasteiger partial charge in [0.1, 0.15) is 0 Å². The summed E-state index contributed by atoms with van der Waals surface area (Å²) in [6.07, 6.45) is 0.783. The summed E-state index contributed by atoms with van der Waals surface area (Å²) >= 11 is 0. The third-order valence-corrected chi connectivity index (χ3v) is 2.84. The highest BCUT2D eigenvalue weighted by Crippen LogP contribution is 2.25. The Balaban J connectivity index is 2.47. The number of benzene rings is 1. The lowest BCUT2D eigenvalue weighted by Crippen LogP contribution is -2.28. The molecule has 0 aliphatic carbocycles. The SMILES string of the molecule is Cc1cccc(C2=C(C(=O)O)CNCC2)c1. The number of carbonyl (C=O) groups is 1. The van der Waals surface area contributed by atoms with Gasteiger partial charge in [0.2, 0.25) is 0 Å². The van der Waals surface area contributed by atoms with Gasteiger partial charge in [-0.3, -0.25) is 0 Å². The van der Waals surface area contributed by atoms with Crippen LogP contribution in [0.3, 0.4) is 0 Å². The van der Waals surface area contributed by atoms with Gasteiger partial charge < -0.3 is 10.4 Å². The van der Waals surface area contributed by atoms with Gasteiger partial charge in [-0.1, -0.05) is 29.8 Å². The summed E-state index contributed by atoms with van der Waals surface area (Å²) < 4.78 is 0.